The molecule has 2 N–H and O–H groups in total. The third kappa shape index (κ3) is 4.21. The maximum absolute atomic E-state index is 10.4. The second kappa shape index (κ2) is 7.28. The normalized spacial score (nSPS) is 17.2. The molecule has 0 spiro atoms. The maximum atomic E-state index is 10.4. The highest BCUT2D eigenvalue weighted by atomic mass is 16.3. The Bertz CT molecular complexity index is 437. The van der Waals surface area contributed by atoms with E-state index in [1.54, 1.807) is 0 Å². The van der Waals surface area contributed by atoms with Crippen LogP contribution in [-0.4, -0.2) is 30.3 Å². The number of anilines is 1. The summed E-state index contributed by atoms with van der Waals surface area (Å²) in [6.07, 6.45) is 4.18. The van der Waals surface area contributed by atoms with Gasteiger partial charge in [-0.25, -0.2) is 0 Å². The van der Waals surface area contributed by atoms with E-state index in [4.69, 9.17) is 0 Å². The monoisotopic (exact) mass is 290 g/mol. The minimum atomic E-state index is -0.583. The molecule has 0 aliphatic carbocycles. The van der Waals surface area contributed by atoms with Gasteiger partial charge in [0, 0.05) is 31.4 Å². The summed E-state index contributed by atoms with van der Waals surface area (Å²) in [4.78, 5) is 2.46. The van der Waals surface area contributed by atoms with E-state index < -0.39 is 5.60 Å². The van der Waals surface area contributed by atoms with Crippen molar-refractivity contribution in [1.29, 1.82) is 0 Å². The van der Waals surface area contributed by atoms with Crippen molar-refractivity contribution in [3.05, 3.63) is 29.8 Å². The van der Waals surface area contributed by atoms with E-state index >= 15 is 0 Å². The third-order valence-corrected chi connectivity index (χ3v) is 4.89. The van der Waals surface area contributed by atoms with Crippen LogP contribution in [0.25, 0.3) is 0 Å². The maximum Gasteiger partial charge on any atom is 0.0766 e. The lowest BCUT2D eigenvalue weighted by Gasteiger charge is -2.28. The predicted octanol–water partition coefficient (Wildman–Crippen LogP) is 3.49. The molecule has 1 aliphatic rings. The van der Waals surface area contributed by atoms with Gasteiger partial charge in [-0.1, -0.05) is 26.0 Å². The number of benzene rings is 1. The van der Waals surface area contributed by atoms with Crippen LogP contribution in [0.2, 0.25) is 0 Å². The van der Waals surface area contributed by atoms with Crippen LogP contribution in [0.4, 0.5) is 5.69 Å². The molecule has 1 aromatic rings. The van der Waals surface area contributed by atoms with Crippen molar-refractivity contribution in [3.8, 4) is 0 Å². The second-order valence-corrected chi connectivity index (χ2v) is 6.32. The molecule has 3 heteroatoms. The Labute approximate surface area is 129 Å². The van der Waals surface area contributed by atoms with E-state index in [0.29, 0.717) is 6.54 Å². The summed E-state index contributed by atoms with van der Waals surface area (Å²) in [6.45, 7) is 9.27. The molecule has 2 rings (SSSR count). The number of hydrogen-bond donors (Lipinski definition) is 2. The summed E-state index contributed by atoms with van der Waals surface area (Å²) in [5, 5.41) is 13.9. The van der Waals surface area contributed by atoms with E-state index in [-0.39, 0.29) is 6.04 Å². The van der Waals surface area contributed by atoms with Crippen molar-refractivity contribution in [3.63, 3.8) is 0 Å². The predicted molar refractivity (Wildman–Crippen MR) is 89.8 cm³/mol. The Balaban J connectivity index is 1.98. The van der Waals surface area contributed by atoms with Crippen LogP contribution in [0, 0.1) is 0 Å². The molecule has 1 atom stereocenters. The number of nitrogens with zero attached hydrogens (tertiary/aromatic N) is 1. The van der Waals surface area contributed by atoms with Crippen LogP contribution in [0.5, 0.6) is 0 Å². The molecule has 1 fully saturated rings. The first-order valence-corrected chi connectivity index (χ1v) is 8.38. The summed E-state index contributed by atoms with van der Waals surface area (Å²) in [7, 11) is 0. The van der Waals surface area contributed by atoms with Crippen LogP contribution in [-0.2, 0) is 0 Å². The summed E-state index contributed by atoms with van der Waals surface area (Å²) >= 11 is 0. The van der Waals surface area contributed by atoms with Crippen LogP contribution in [0.1, 0.15) is 58.1 Å². The summed E-state index contributed by atoms with van der Waals surface area (Å²) < 4.78 is 0. The Hall–Kier alpha value is -1.06. The van der Waals surface area contributed by atoms with Crippen molar-refractivity contribution >= 4 is 5.69 Å². The van der Waals surface area contributed by atoms with E-state index in [0.717, 1.165) is 12.8 Å². The molecule has 118 valence electrons. The van der Waals surface area contributed by atoms with Gasteiger partial charge < -0.3 is 15.3 Å². The molecule has 3 nitrogen and oxygen atoms in total. The van der Waals surface area contributed by atoms with Gasteiger partial charge in [0.1, 0.15) is 0 Å². The average Bonchev–Trinajstić information content (AvgIpc) is 3.07. The number of rotatable bonds is 7. The fraction of sp³-hybridized carbons (Fsp3) is 0.667. The van der Waals surface area contributed by atoms with Gasteiger partial charge in [0.2, 0.25) is 0 Å². The van der Waals surface area contributed by atoms with E-state index in [1.165, 1.54) is 37.2 Å². The van der Waals surface area contributed by atoms with Gasteiger partial charge in [0.05, 0.1) is 5.60 Å². The molecule has 1 aromatic carbocycles. The van der Waals surface area contributed by atoms with Gasteiger partial charge in [0.25, 0.3) is 0 Å². The van der Waals surface area contributed by atoms with Crippen molar-refractivity contribution < 1.29 is 5.11 Å². The first-order valence-electron chi connectivity index (χ1n) is 8.38. The molecule has 0 amide bonds. The van der Waals surface area contributed by atoms with Crippen LogP contribution >= 0.6 is 0 Å². The number of hydrogen-bond acceptors (Lipinski definition) is 3. The Kier molecular flexibility index (Phi) is 5.65. The zero-order valence-electron chi connectivity index (χ0n) is 13.7. The molecule has 0 radical (unpaired) electrons. The number of nitrogens with one attached hydrogen (secondary N) is 1. The van der Waals surface area contributed by atoms with Gasteiger partial charge in [-0.2, -0.15) is 0 Å². The topological polar surface area (TPSA) is 35.5 Å². The molecule has 0 aromatic heterocycles. The van der Waals surface area contributed by atoms with Crippen LogP contribution in [0.3, 0.4) is 0 Å². The quantitative estimate of drug-likeness (QED) is 0.807. The lowest BCUT2D eigenvalue weighted by molar-refractivity contribution is 0.0303. The van der Waals surface area contributed by atoms with Gasteiger partial charge in [-0.15, -0.1) is 0 Å². The molecular weight excluding hydrogens is 260 g/mol. The summed E-state index contributed by atoms with van der Waals surface area (Å²) in [5.41, 5.74) is 2.05. The minimum absolute atomic E-state index is 0.261. The van der Waals surface area contributed by atoms with Crippen molar-refractivity contribution in [2.75, 3.05) is 24.5 Å². The molecule has 1 aliphatic heterocycles. The SMILES string of the molecule is CCC(O)(CC)CNC(C)c1cccc(N2CCCC2)c1. The fourth-order valence-electron chi connectivity index (χ4n) is 2.93. The zero-order valence-corrected chi connectivity index (χ0v) is 13.7. The Morgan fingerprint density at radius 3 is 2.52 bits per heavy atom. The van der Waals surface area contributed by atoms with Gasteiger partial charge in [-0.05, 0) is 50.3 Å². The second-order valence-electron chi connectivity index (χ2n) is 6.32. The van der Waals surface area contributed by atoms with Crippen LogP contribution in [0.15, 0.2) is 24.3 Å². The summed E-state index contributed by atoms with van der Waals surface area (Å²) in [5.74, 6) is 0. The molecule has 0 saturated carbocycles. The zero-order chi connectivity index (χ0) is 15.3. The molecule has 1 heterocycles. The van der Waals surface area contributed by atoms with Crippen molar-refractivity contribution in [2.24, 2.45) is 0 Å². The van der Waals surface area contributed by atoms with E-state index in [9.17, 15) is 5.11 Å². The lowest BCUT2D eigenvalue weighted by atomic mass is 9.96. The fourth-order valence-corrected chi connectivity index (χ4v) is 2.93. The third-order valence-electron chi connectivity index (χ3n) is 4.89. The molecule has 1 unspecified atom stereocenters. The molecule has 1 saturated heterocycles. The highest BCUT2D eigenvalue weighted by Crippen LogP contribution is 2.24. The molecule has 21 heavy (non-hydrogen) atoms. The standard InChI is InChI=1S/C18H30N2O/c1-4-18(21,5-2)14-19-15(3)16-9-8-10-17(13-16)20-11-6-7-12-20/h8-10,13,15,19,21H,4-7,11-12,14H2,1-3H3. The largest absolute Gasteiger partial charge is 0.389 e. The first-order chi connectivity index (χ1) is 10.1. The van der Waals surface area contributed by atoms with Crippen LogP contribution < -0.4 is 10.2 Å². The van der Waals surface area contributed by atoms with E-state index in [2.05, 4.69) is 41.4 Å². The minimum Gasteiger partial charge on any atom is -0.389 e. The van der Waals surface area contributed by atoms with Crippen molar-refractivity contribution in [1.82, 2.24) is 5.32 Å². The molecule has 0 bridgehead atoms. The highest BCUT2D eigenvalue weighted by molar-refractivity contribution is 5.49. The smallest absolute Gasteiger partial charge is 0.0766 e. The van der Waals surface area contributed by atoms with Gasteiger partial charge >= 0.3 is 0 Å². The highest BCUT2D eigenvalue weighted by Gasteiger charge is 2.23. The lowest BCUT2D eigenvalue weighted by Crippen LogP contribution is -2.40. The average molecular weight is 290 g/mol. The first kappa shape index (κ1) is 16.3. The van der Waals surface area contributed by atoms with Gasteiger partial charge in [0.15, 0.2) is 0 Å². The summed E-state index contributed by atoms with van der Waals surface area (Å²) in [6, 6.07) is 9.08. The molecular formula is C18H30N2O. The van der Waals surface area contributed by atoms with Crippen molar-refractivity contribution in [2.45, 2.75) is 58.1 Å². The number of aliphatic hydroxyl groups is 1. The Morgan fingerprint density at radius 1 is 1.24 bits per heavy atom. The van der Waals surface area contributed by atoms with Gasteiger partial charge in [-0.3, -0.25) is 0 Å². The van der Waals surface area contributed by atoms with E-state index in [1.807, 2.05) is 13.8 Å². The Morgan fingerprint density at radius 2 is 1.90 bits per heavy atom.